The van der Waals surface area contributed by atoms with Gasteiger partial charge in [0.2, 0.25) is 0 Å². The topological polar surface area (TPSA) is 66.8 Å². The Balaban J connectivity index is 1.50. The molecule has 5 nitrogen and oxygen atoms in total. The fourth-order valence-electron chi connectivity index (χ4n) is 4.25. The van der Waals surface area contributed by atoms with E-state index in [4.69, 9.17) is 4.74 Å². The van der Waals surface area contributed by atoms with Crippen LogP contribution >= 0.6 is 0 Å². The number of ether oxygens (including phenoxy) is 1. The summed E-state index contributed by atoms with van der Waals surface area (Å²) in [6, 6.07) is 15.5. The first kappa shape index (κ1) is 17.6. The van der Waals surface area contributed by atoms with Crippen LogP contribution in [-0.2, 0) is 9.53 Å². The molecule has 1 saturated carbocycles. The molecule has 1 amide bonds. The number of carbonyl (C=O) groups excluding carboxylic acids is 1. The molecule has 0 heterocycles. The maximum Gasteiger partial charge on any atom is 0.410 e. The Kier molecular flexibility index (Phi) is 4.60. The molecule has 0 aliphatic heterocycles. The van der Waals surface area contributed by atoms with Crippen LogP contribution in [0.1, 0.15) is 36.3 Å². The van der Waals surface area contributed by atoms with E-state index in [0.717, 1.165) is 30.4 Å². The van der Waals surface area contributed by atoms with E-state index in [-0.39, 0.29) is 18.4 Å². The van der Waals surface area contributed by atoms with E-state index >= 15 is 0 Å². The summed E-state index contributed by atoms with van der Waals surface area (Å²) in [7, 11) is 1.52. The Morgan fingerprint density at radius 1 is 1.07 bits per heavy atom. The quantitative estimate of drug-likeness (QED) is 0.865. The minimum absolute atomic E-state index is 0.0213. The van der Waals surface area contributed by atoms with E-state index in [0.29, 0.717) is 0 Å². The molecule has 0 saturated heterocycles. The van der Waals surface area contributed by atoms with Gasteiger partial charge in [0.25, 0.3) is 0 Å². The summed E-state index contributed by atoms with van der Waals surface area (Å²) in [6.45, 7) is 0.203. The van der Waals surface area contributed by atoms with Gasteiger partial charge in [-0.3, -0.25) is 4.90 Å². The average Bonchev–Trinajstić information content (AvgIpc) is 2.95. The fraction of sp³-hybridized carbons (Fsp3) is 0.364. The molecular weight excluding hydrogens is 342 g/mol. The van der Waals surface area contributed by atoms with E-state index in [1.165, 1.54) is 23.1 Å². The van der Waals surface area contributed by atoms with Crippen molar-refractivity contribution in [1.29, 1.82) is 0 Å². The molecule has 1 atom stereocenters. The highest BCUT2D eigenvalue weighted by Crippen LogP contribution is 2.44. The van der Waals surface area contributed by atoms with Crippen LogP contribution in [0, 0.1) is 5.92 Å². The number of aliphatic carboxylic acids is 1. The van der Waals surface area contributed by atoms with Crippen molar-refractivity contribution in [3.8, 4) is 11.1 Å². The van der Waals surface area contributed by atoms with Gasteiger partial charge in [-0.2, -0.15) is 0 Å². The third-order valence-corrected chi connectivity index (χ3v) is 5.89. The van der Waals surface area contributed by atoms with Crippen molar-refractivity contribution in [1.82, 2.24) is 4.90 Å². The van der Waals surface area contributed by atoms with Crippen molar-refractivity contribution >= 4 is 12.1 Å². The highest BCUT2D eigenvalue weighted by Gasteiger charge is 2.38. The van der Waals surface area contributed by atoms with E-state index in [1.807, 2.05) is 24.3 Å². The summed E-state index contributed by atoms with van der Waals surface area (Å²) >= 11 is 0. The third kappa shape index (κ3) is 3.07. The van der Waals surface area contributed by atoms with E-state index in [2.05, 4.69) is 24.3 Å². The minimum Gasteiger partial charge on any atom is -0.480 e. The second-order valence-electron chi connectivity index (χ2n) is 7.39. The second-order valence-corrected chi connectivity index (χ2v) is 7.39. The van der Waals surface area contributed by atoms with Crippen LogP contribution in [0.5, 0.6) is 0 Å². The maximum absolute atomic E-state index is 12.6. The first-order chi connectivity index (χ1) is 13.1. The number of rotatable bonds is 5. The summed E-state index contributed by atoms with van der Waals surface area (Å²) in [5.41, 5.74) is 4.62. The number of carboxylic acid groups (broad SMARTS) is 1. The molecule has 2 aromatic rings. The lowest BCUT2D eigenvalue weighted by molar-refractivity contribution is -0.145. The van der Waals surface area contributed by atoms with Gasteiger partial charge in [-0.15, -0.1) is 0 Å². The predicted molar refractivity (Wildman–Crippen MR) is 102 cm³/mol. The lowest BCUT2D eigenvalue weighted by Gasteiger charge is -2.36. The van der Waals surface area contributed by atoms with Crippen molar-refractivity contribution in [2.24, 2.45) is 5.92 Å². The number of carbonyl (C=O) groups is 2. The van der Waals surface area contributed by atoms with Gasteiger partial charge in [0.15, 0.2) is 0 Å². The number of amides is 1. The lowest BCUT2D eigenvalue weighted by atomic mass is 9.79. The Labute approximate surface area is 158 Å². The Bertz CT molecular complexity index is 829. The summed E-state index contributed by atoms with van der Waals surface area (Å²) in [6.07, 6.45) is 2.14. The Hall–Kier alpha value is -2.82. The Morgan fingerprint density at radius 2 is 1.63 bits per heavy atom. The number of hydrogen-bond donors (Lipinski definition) is 1. The summed E-state index contributed by atoms with van der Waals surface area (Å²) < 4.78 is 5.58. The Morgan fingerprint density at radius 3 is 2.11 bits per heavy atom. The van der Waals surface area contributed by atoms with Crippen molar-refractivity contribution in [3.05, 3.63) is 59.7 Å². The second kappa shape index (κ2) is 7.06. The van der Waals surface area contributed by atoms with Crippen LogP contribution in [-0.4, -0.2) is 41.8 Å². The molecule has 0 unspecified atom stereocenters. The van der Waals surface area contributed by atoms with Crippen molar-refractivity contribution in [2.75, 3.05) is 13.7 Å². The smallest absolute Gasteiger partial charge is 0.410 e. The molecule has 5 heteroatoms. The largest absolute Gasteiger partial charge is 0.480 e. The molecule has 0 radical (unpaired) electrons. The number of nitrogens with zero attached hydrogens (tertiary/aromatic N) is 1. The number of carboxylic acids is 1. The summed E-state index contributed by atoms with van der Waals surface area (Å²) in [4.78, 5) is 25.4. The first-order valence-electron chi connectivity index (χ1n) is 9.38. The van der Waals surface area contributed by atoms with Gasteiger partial charge >= 0.3 is 12.1 Å². The van der Waals surface area contributed by atoms with Gasteiger partial charge in [0.1, 0.15) is 12.6 Å². The normalized spacial score (nSPS) is 16.8. The maximum atomic E-state index is 12.6. The molecular formula is C22H23NO4. The van der Waals surface area contributed by atoms with Crippen LogP contribution < -0.4 is 0 Å². The predicted octanol–water partition coefficient (Wildman–Crippen LogP) is 4.12. The van der Waals surface area contributed by atoms with E-state index in [9.17, 15) is 14.7 Å². The molecule has 4 rings (SSSR count). The van der Waals surface area contributed by atoms with Crippen LogP contribution in [0.15, 0.2) is 48.5 Å². The molecule has 27 heavy (non-hydrogen) atoms. The number of benzene rings is 2. The van der Waals surface area contributed by atoms with Gasteiger partial charge in [-0.1, -0.05) is 55.0 Å². The molecule has 2 aliphatic rings. The zero-order valence-corrected chi connectivity index (χ0v) is 15.3. The van der Waals surface area contributed by atoms with Gasteiger partial charge in [0, 0.05) is 13.0 Å². The molecule has 0 aromatic heterocycles. The van der Waals surface area contributed by atoms with Crippen molar-refractivity contribution in [3.63, 3.8) is 0 Å². The van der Waals surface area contributed by atoms with E-state index in [1.54, 1.807) is 0 Å². The SMILES string of the molecule is CN(C(=O)OCC1c2ccccc2-c2ccccc21)[C@@H](C(=O)O)C1CCC1. The molecule has 0 bridgehead atoms. The number of fused-ring (bicyclic) bond motifs is 3. The highest BCUT2D eigenvalue weighted by atomic mass is 16.6. The molecule has 2 aromatic carbocycles. The highest BCUT2D eigenvalue weighted by molar-refractivity contribution is 5.81. The molecule has 140 valence electrons. The zero-order chi connectivity index (χ0) is 19.0. The van der Waals surface area contributed by atoms with Crippen LogP contribution in [0.25, 0.3) is 11.1 Å². The van der Waals surface area contributed by atoms with Crippen LogP contribution in [0.3, 0.4) is 0 Å². The van der Waals surface area contributed by atoms with E-state index < -0.39 is 18.1 Å². The van der Waals surface area contributed by atoms with Gasteiger partial charge in [-0.25, -0.2) is 9.59 Å². The molecule has 1 N–H and O–H groups in total. The fourth-order valence-corrected chi connectivity index (χ4v) is 4.25. The van der Waals surface area contributed by atoms with Crippen LogP contribution in [0.4, 0.5) is 4.79 Å². The lowest BCUT2D eigenvalue weighted by Crippen LogP contribution is -2.49. The summed E-state index contributed by atoms with van der Waals surface area (Å²) in [5.74, 6) is -0.967. The van der Waals surface area contributed by atoms with Gasteiger partial charge < -0.3 is 9.84 Å². The van der Waals surface area contributed by atoms with Gasteiger partial charge in [0.05, 0.1) is 0 Å². The monoisotopic (exact) mass is 365 g/mol. The number of hydrogen-bond acceptors (Lipinski definition) is 3. The van der Waals surface area contributed by atoms with Crippen LogP contribution in [0.2, 0.25) is 0 Å². The summed E-state index contributed by atoms with van der Waals surface area (Å²) in [5, 5.41) is 9.52. The van der Waals surface area contributed by atoms with Crippen molar-refractivity contribution in [2.45, 2.75) is 31.2 Å². The molecule has 1 fully saturated rings. The average molecular weight is 365 g/mol. The number of likely N-dealkylation sites (N-methyl/N-ethyl adjacent to an activating group) is 1. The molecule has 0 spiro atoms. The van der Waals surface area contributed by atoms with Crippen molar-refractivity contribution < 1.29 is 19.4 Å². The standard InChI is InChI=1S/C22H23NO4/c1-23(20(21(24)25)14-7-6-8-14)22(26)27-13-19-17-11-4-2-9-15(17)16-10-3-5-12-18(16)19/h2-5,9-12,14,19-20H,6-8,13H2,1H3,(H,24,25)/t20-/m1/s1. The first-order valence-corrected chi connectivity index (χ1v) is 9.38. The zero-order valence-electron chi connectivity index (χ0n) is 15.3. The minimum atomic E-state index is -0.962. The molecule has 2 aliphatic carbocycles. The van der Waals surface area contributed by atoms with Gasteiger partial charge in [-0.05, 0) is 41.0 Å². The third-order valence-electron chi connectivity index (χ3n) is 5.89.